The lowest BCUT2D eigenvalue weighted by Gasteiger charge is -2.12. The van der Waals surface area contributed by atoms with Crippen LogP contribution in [-0.4, -0.2) is 37.4 Å². The van der Waals surface area contributed by atoms with Gasteiger partial charge in [0.05, 0.1) is 33.0 Å². The van der Waals surface area contributed by atoms with Gasteiger partial charge in [0.25, 0.3) is 23.2 Å². The number of nitro groups is 2. The lowest BCUT2D eigenvalue weighted by Crippen LogP contribution is -2.27. The van der Waals surface area contributed by atoms with Crippen molar-refractivity contribution in [2.24, 2.45) is 0 Å². The molecule has 13 heteroatoms. The van der Waals surface area contributed by atoms with E-state index in [4.69, 9.17) is 0 Å². The topological polar surface area (TPSA) is 187 Å². The Balaban J connectivity index is 1.71. The first-order chi connectivity index (χ1) is 19.0. The summed E-state index contributed by atoms with van der Waals surface area (Å²) in [6.07, 6.45) is -0.702. The number of rotatable bonds is 8. The summed E-state index contributed by atoms with van der Waals surface area (Å²) in [5.41, 5.74) is 1.25. The fraction of sp³-hybridized carbons (Fsp3) is 0.148. The van der Waals surface area contributed by atoms with Crippen LogP contribution in [0.1, 0.15) is 32.9 Å². The number of hydrogen-bond acceptors (Lipinski definition) is 9. The second-order valence-electron chi connectivity index (χ2n) is 8.93. The molecule has 4 aromatic rings. The van der Waals surface area contributed by atoms with Crippen molar-refractivity contribution in [3.8, 4) is 0 Å². The molecule has 202 valence electrons. The summed E-state index contributed by atoms with van der Waals surface area (Å²) < 4.78 is 0. The summed E-state index contributed by atoms with van der Waals surface area (Å²) >= 11 is 0. The first-order valence-electron chi connectivity index (χ1n) is 11.9. The van der Waals surface area contributed by atoms with Crippen molar-refractivity contribution < 1.29 is 24.2 Å². The van der Waals surface area contributed by atoms with Crippen molar-refractivity contribution in [1.29, 1.82) is 0 Å². The number of nitro benzene ring substituents is 2. The molecule has 0 saturated heterocycles. The normalized spacial score (nSPS) is 10.7. The number of aryl methyl sites for hydroxylation is 2. The van der Waals surface area contributed by atoms with Crippen LogP contribution >= 0.6 is 0 Å². The predicted octanol–water partition coefficient (Wildman–Crippen LogP) is 4.37. The highest BCUT2D eigenvalue weighted by Crippen LogP contribution is 2.30. The van der Waals surface area contributed by atoms with Gasteiger partial charge in [0.2, 0.25) is 5.78 Å². The first-order valence-corrected chi connectivity index (χ1v) is 11.9. The summed E-state index contributed by atoms with van der Waals surface area (Å²) in [5, 5.41) is 27.7. The third-order valence-corrected chi connectivity index (χ3v) is 6.27. The van der Waals surface area contributed by atoms with Crippen LogP contribution in [0.5, 0.6) is 0 Å². The van der Waals surface area contributed by atoms with E-state index in [0.717, 1.165) is 11.6 Å². The minimum absolute atomic E-state index is 0.0371. The van der Waals surface area contributed by atoms with Crippen LogP contribution in [0.25, 0.3) is 11.0 Å². The molecule has 0 aliphatic rings. The summed E-state index contributed by atoms with van der Waals surface area (Å²) in [6, 6.07) is 13.4. The van der Waals surface area contributed by atoms with Crippen LogP contribution in [-0.2, 0) is 16.0 Å². The van der Waals surface area contributed by atoms with Crippen LogP contribution < -0.4 is 10.6 Å². The van der Waals surface area contributed by atoms with Gasteiger partial charge in [-0.1, -0.05) is 24.3 Å². The number of non-ortho nitro benzene ring substituents is 1. The van der Waals surface area contributed by atoms with Crippen molar-refractivity contribution >= 4 is 51.4 Å². The van der Waals surface area contributed by atoms with E-state index in [-0.39, 0.29) is 39.5 Å². The van der Waals surface area contributed by atoms with E-state index >= 15 is 0 Å². The van der Waals surface area contributed by atoms with E-state index in [1.807, 2.05) is 0 Å². The Morgan fingerprint density at radius 1 is 0.825 bits per heavy atom. The van der Waals surface area contributed by atoms with Crippen molar-refractivity contribution in [2.75, 3.05) is 10.6 Å². The number of Topliss-reactive ketones (excluding diaryl/α,β-unsaturated/α-hetero) is 1. The fourth-order valence-electron chi connectivity index (χ4n) is 3.92. The standard InChI is InChI=1S/C27H22N6O7/c1-14-8-11-22(33(39)40)24(16(14)3)31-26(35)23(34)13-21-25(27(36)30-18-7-5-4-6-15(18)2)29-19-10-9-17(32(37)38)12-20(19)28-21/h4-12H,13H2,1-3H3,(H,30,36)(H,31,35). The largest absolute Gasteiger partial charge is 0.320 e. The smallest absolute Gasteiger partial charge is 0.293 e. The van der Waals surface area contributed by atoms with Gasteiger partial charge in [-0.25, -0.2) is 9.97 Å². The van der Waals surface area contributed by atoms with E-state index in [1.165, 1.54) is 24.3 Å². The Hall–Kier alpha value is -5.59. The van der Waals surface area contributed by atoms with Crippen LogP contribution in [0.15, 0.2) is 54.6 Å². The molecule has 0 fully saturated rings. The molecule has 0 bridgehead atoms. The number of aromatic nitrogens is 2. The van der Waals surface area contributed by atoms with Gasteiger partial charge in [-0.05, 0) is 49.6 Å². The Bertz CT molecular complexity index is 1730. The molecule has 0 aliphatic heterocycles. The predicted molar refractivity (Wildman–Crippen MR) is 145 cm³/mol. The molecule has 4 rings (SSSR count). The zero-order chi connectivity index (χ0) is 29.1. The summed E-state index contributed by atoms with van der Waals surface area (Å²) in [7, 11) is 0. The molecule has 0 radical (unpaired) electrons. The molecule has 3 aromatic carbocycles. The van der Waals surface area contributed by atoms with E-state index < -0.39 is 33.9 Å². The zero-order valence-electron chi connectivity index (χ0n) is 21.5. The Morgan fingerprint density at radius 3 is 2.23 bits per heavy atom. The van der Waals surface area contributed by atoms with E-state index in [1.54, 1.807) is 45.0 Å². The number of anilines is 2. The highest BCUT2D eigenvalue weighted by atomic mass is 16.6. The summed E-state index contributed by atoms with van der Waals surface area (Å²) in [6.45, 7) is 5.04. The number of carbonyl (C=O) groups is 3. The molecule has 1 heterocycles. The molecular formula is C27H22N6O7. The number of carbonyl (C=O) groups excluding carboxylic acids is 3. The quantitative estimate of drug-likeness (QED) is 0.185. The molecule has 2 amide bonds. The molecular weight excluding hydrogens is 520 g/mol. The maximum absolute atomic E-state index is 13.2. The number of nitrogens with zero attached hydrogens (tertiary/aromatic N) is 4. The van der Waals surface area contributed by atoms with Crippen LogP contribution in [0.3, 0.4) is 0 Å². The molecule has 0 unspecified atom stereocenters. The van der Waals surface area contributed by atoms with E-state index in [9.17, 15) is 34.6 Å². The van der Waals surface area contributed by atoms with Crippen molar-refractivity contribution in [1.82, 2.24) is 9.97 Å². The lowest BCUT2D eigenvalue weighted by atomic mass is 10.1. The maximum Gasteiger partial charge on any atom is 0.293 e. The van der Waals surface area contributed by atoms with Gasteiger partial charge < -0.3 is 10.6 Å². The molecule has 0 spiro atoms. The van der Waals surface area contributed by atoms with Crippen molar-refractivity contribution in [3.63, 3.8) is 0 Å². The van der Waals surface area contributed by atoms with Crippen LogP contribution in [0.4, 0.5) is 22.7 Å². The number of nitrogens with one attached hydrogen (secondary N) is 2. The lowest BCUT2D eigenvalue weighted by molar-refractivity contribution is -0.384. The third-order valence-electron chi connectivity index (χ3n) is 6.27. The van der Waals surface area contributed by atoms with Gasteiger partial charge in [0, 0.05) is 23.9 Å². The highest BCUT2D eigenvalue weighted by Gasteiger charge is 2.26. The Labute approximate surface area is 226 Å². The van der Waals surface area contributed by atoms with Gasteiger partial charge in [0.15, 0.2) is 5.69 Å². The second-order valence-corrected chi connectivity index (χ2v) is 8.93. The number of amides is 2. The molecule has 40 heavy (non-hydrogen) atoms. The highest BCUT2D eigenvalue weighted by molar-refractivity contribution is 6.41. The van der Waals surface area contributed by atoms with Crippen molar-refractivity contribution in [2.45, 2.75) is 27.2 Å². The number of hydrogen-bond donors (Lipinski definition) is 2. The molecule has 0 aliphatic carbocycles. The number of benzene rings is 3. The number of fused-ring (bicyclic) bond motifs is 1. The summed E-state index contributed by atoms with van der Waals surface area (Å²) in [5.74, 6) is -2.93. The average molecular weight is 543 g/mol. The van der Waals surface area contributed by atoms with Gasteiger partial charge in [0.1, 0.15) is 5.69 Å². The first kappa shape index (κ1) is 27.4. The Kier molecular flexibility index (Phi) is 7.57. The SMILES string of the molecule is Cc1ccccc1NC(=O)c1nc2ccc([N+](=O)[O-])cc2nc1CC(=O)C(=O)Nc1c([N+](=O)[O-])ccc(C)c1C. The fourth-order valence-corrected chi connectivity index (χ4v) is 3.92. The van der Waals surface area contributed by atoms with Gasteiger partial charge >= 0.3 is 0 Å². The van der Waals surface area contributed by atoms with Crippen LogP contribution in [0.2, 0.25) is 0 Å². The monoisotopic (exact) mass is 542 g/mol. The maximum atomic E-state index is 13.2. The summed E-state index contributed by atoms with van der Waals surface area (Å²) in [4.78, 5) is 69.1. The minimum Gasteiger partial charge on any atom is -0.320 e. The van der Waals surface area contributed by atoms with E-state index in [2.05, 4.69) is 20.6 Å². The molecule has 0 atom stereocenters. The second kappa shape index (κ2) is 11.0. The van der Waals surface area contributed by atoms with Crippen LogP contribution in [0, 0.1) is 41.0 Å². The minimum atomic E-state index is -1.16. The molecule has 2 N–H and O–H groups in total. The molecule has 0 saturated carbocycles. The molecule has 1 aromatic heterocycles. The Morgan fingerprint density at radius 2 is 1.55 bits per heavy atom. The number of para-hydroxylation sites is 1. The zero-order valence-corrected chi connectivity index (χ0v) is 21.5. The third kappa shape index (κ3) is 5.62. The average Bonchev–Trinajstić information content (AvgIpc) is 2.91. The van der Waals surface area contributed by atoms with Crippen molar-refractivity contribution in [3.05, 3.63) is 103 Å². The molecule has 13 nitrogen and oxygen atoms in total. The van der Waals surface area contributed by atoms with Gasteiger partial charge in [-0.2, -0.15) is 0 Å². The van der Waals surface area contributed by atoms with E-state index in [0.29, 0.717) is 16.8 Å². The van der Waals surface area contributed by atoms with Gasteiger partial charge in [-0.15, -0.1) is 0 Å². The van der Waals surface area contributed by atoms with Gasteiger partial charge in [-0.3, -0.25) is 34.6 Å². The number of ketones is 1.